The molecule has 0 unspecified atom stereocenters. The van der Waals surface area contributed by atoms with Crippen LogP contribution in [-0.4, -0.2) is 21.8 Å². The van der Waals surface area contributed by atoms with E-state index in [0.717, 1.165) is 6.07 Å². The number of alkyl halides is 3. The Bertz CT molecular complexity index is 575. The predicted molar refractivity (Wildman–Crippen MR) is 69.7 cm³/mol. The number of nitrogens with zero attached hydrogens (tertiary/aromatic N) is 2. The number of aliphatic hydroxyl groups is 1. The molecule has 0 bridgehead atoms. The van der Waals surface area contributed by atoms with E-state index in [4.69, 9.17) is 0 Å². The Morgan fingerprint density at radius 1 is 1.29 bits per heavy atom. The Kier molecular flexibility index (Phi) is 4.26. The van der Waals surface area contributed by atoms with Gasteiger partial charge >= 0.3 is 6.18 Å². The molecule has 21 heavy (non-hydrogen) atoms. The molecule has 0 radical (unpaired) electrons. The van der Waals surface area contributed by atoms with Crippen molar-refractivity contribution >= 4 is 17.1 Å². The summed E-state index contributed by atoms with van der Waals surface area (Å²) >= 11 is 0. The Hall–Kier alpha value is -1.96. The number of aliphatic hydroxyl groups excluding tert-OH is 1. The highest BCUT2D eigenvalue weighted by Crippen LogP contribution is 2.38. The van der Waals surface area contributed by atoms with Gasteiger partial charge in [-0.15, -0.1) is 0 Å². The van der Waals surface area contributed by atoms with Crippen LogP contribution >= 0.6 is 0 Å². The molecule has 1 fully saturated rings. The van der Waals surface area contributed by atoms with Crippen LogP contribution < -0.4 is 0 Å². The largest absolute Gasteiger partial charge is 0.423 e. The van der Waals surface area contributed by atoms with Crippen molar-refractivity contribution in [2.45, 2.75) is 38.0 Å². The van der Waals surface area contributed by atoms with Gasteiger partial charge in [-0.3, -0.25) is 15.1 Å². The molecule has 0 saturated heterocycles. The summed E-state index contributed by atoms with van der Waals surface area (Å²) in [6, 6.07) is 2.71. The number of rotatable bonds is 2. The zero-order valence-electron chi connectivity index (χ0n) is 10.9. The van der Waals surface area contributed by atoms with Crippen LogP contribution in [0, 0.1) is 10.1 Å². The minimum absolute atomic E-state index is 0.0410. The highest BCUT2D eigenvalue weighted by atomic mass is 19.4. The first-order valence-corrected chi connectivity index (χ1v) is 6.37. The smallest absolute Gasteiger partial charge is 0.393 e. The lowest BCUT2D eigenvalue weighted by atomic mass is 9.96. The summed E-state index contributed by atoms with van der Waals surface area (Å²) in [5, 5.41) is 20.0. The lowest BCUT2D eigenvalue weighted by Gasteiger charge is -2.18. The van der Waals surface area contributed by atoms with Crippen molar-refractivity contribution in [3.63, 3.8) is 0 Å². The van der Waals surface area contributed by atoms with E-state index in [9.17, 15) is 28.4 Å². The molecule has 5 nitrogen and oxygen atoms in total. The molecule has 114 valence electrons. The highest BCUT2D eigenvalue weighted by molar-refractivity contribution is 5.87. The molecule has 1 aromatic rings. The number of hydrogen-bond donors (Lipinski definition) is 1. The molecule has 1 aliphatic rings. The summed E-state index contributed by atoms with van der Waals surface area (Å²) in [6.45, 7) is 0. The summed E-state index contributed by atoms with van der Waals surface area (Å²) in [4.78, 5) is 13.7. The van der Waals surface area contributed by atoms with Crippen molar-refractivity contribution < 1.29 is 23.2 Å². The number of hydrogen-bond acceptors (Lipinski definition) is 4. The molecular weight excluding hydrogens is 289 g/mol. The van der Waals surface area contributed by atoms with Crippen LogP contribution in [0.25, 0.3) is 0 Å². The fourth-order valence-corrected chi connectivity index (χ4v) is 2.21. The molecule has 0 spiro atoms. The Morgan fingerprint density at radius 2 is 1.90 bits per heavy atom. The Morgan fingerprint density at radius 3 is 2.43 bits per heavy atom. The topological polar surface area (TPSA) is 75.7 Å². The first-order valence-electron chi connectivity index (χ1n) is 6.37. The molecule has 0 atom stereocenters. The molecule has 1 aromatic carbocycles. The van der Waals surface area contributed by atoms with Crippen molar-refractivity contribution in [3.05, 3.63) is 33.9 Å². The van der Waals surface area contributed by atoms with Gasteiger partial charge < -0.3 is 5.11 Å². The minimum Gasteiger partial charge on any atom is -0.393 e. The normalized spacial score (nSPS) is 19.4. The number of aliphatic imine (C=N–C) groups is 1. The predicted octanol–water partition coefficient (Wildman–Crippen LogP) is 3.62. The average molecular weight is 302 g/mol. The van der Waals surface area contributed by atoms with Gasteiger partial charge in [-0.1, -0.05) is 0 Å². The molecule has 1 saturated carbocycles. The molecule has 1 N–H and O–H groups in total. The number of nitro groups is 1. The molecule has 0 aromatic heterocycles. The summed E-state index contributed by atoms with van der Waals surface area (Å²) < 4.78 is 38.5. The van der Waals surface area contributed by atoms with Crippen LogP contribution in [0.3, 0.4) is 0 Å². The second-order valence-electron chi connectivity index (χ2n) is 4.87. The van der Waals surface area contributed by atoms with Gasteiger partial charge in [0.2, 0.25) is 0 Å². The summed E-state index contributed by atoms with van der Waals surface area (Å²) in [6.07, 6.45) is -3.12. The van der Waals surface area contributed by atoms with Crippen LogP contribution in [0.5, 0.6) is 0 Å². The molecule has 0 aliphatic heterocycles. The van der Waals surface area contributed by atoms with Gasteiger partial charge in [0.15, 0.2) is 0 Å². The van der Waals surface area contributed by atoms with Gasteiger partial charge in [-0.05, 0) is 37.8 Å². The van der Waals surface area contributed by atoms with Crippen molar-refractivity contribution in [1.29, 1.82) is 0 Å². The van der Waals surface area contributed by atoms with Crippen LogP contribution in [0.4, 0.5) is 24.5 Å². The van der Waals surface area contributed by atoms with Gasteiger partial charge in [-0.25, -0.2) is 0 Å². The lowest BCUT2D eigenvalue weighted by Crippen LogP contribution is -2.17. The SMILES string of the molecule is O=[N+]([O-])c1ccc(N=C2CCC(O)CC2)cc1C(F)(F)F. The van der Waals surface area contributed by atoms with Crippen LogP contribution in [0.15, 0.2) is 23.2 Å². The standard InChI is InChI=1S/C13H13F3N2O3/c14-13(15,16)11-7-9(3-6-12(11)18(20)21)17-8-1-4-10(19)5-2-8/h3,6-7,10,19H,1-2,4-5H2. The Labute approximate surface area is 118 Å². The van der Waals surface area contributed by atoms with Crippen LogP contribution in [0.1, 0.15) is 31.2 Å². The van der Waals surface area contributed by atoms with Gasteiger partial charge in [0.25, 0.3) is 5.69 Å². The summed E-state index contributed by atoms with van der Waals surface area (Å²) in [7, 11) is 0. The fraction of sp³-hybridized carbons (Fsp3) is 0.462. The molecule has 0 heterocycles. The molecule has 8 heteroatoms. The first kappa shape index (κ1) is 15.4. The monoisotopic (exact) mass is 302 g/mol. The molecule has 1 aliphatic carbocycles. The van der Waals surface area contributed by atoms with E-state index in [-0.39, 0.29) is 5.69 Å². The Balaban J connectivity index is 2.34. The number of benzene rings is 1. The van der Waals surface area contributed by atoms with Crippen molar-refractivity contribution in [1.82, 2.24) is 0 Å². The summed E-state index contributed by atoms with van der Waals surface area (Å²) in [5.74, 6) is 0. The van der Waals surface area contributed by atoms with E-state index in [2.05, 4.69) is 4.99 Å². The van der Waals surface area contributed by atoms with E-state index in [0.29, 0.717) is 37.5 Å². The van der Waals surface area contributed by atoms with Gasteiger partial charge in [0.05, 0.1) is 16.7 Å². The van der Waals surface area contributed by atoms with E-state index >= 15 is 0 Å². The third kappa shape index (κ3) is 3.78. The maximum atomic E-state index is 12.8. The second-order valence-corrected chi connectivity index (χ2v) is 4.87. The zero-order valence-corrected chi connectivity index (χ0v) is 10.9. The fourth-order valence-electron chi connectivity index (χ4n) is 2.21. The van der Waals surface area contributed by atoms with Crippen LogP contribution in [-0.2, 0) is 6.18 Å². The maximum absolute atomic E-state index is 12.8. The quantitative estimate of drug-likeness (QED) is 0.669. The first-order chi connectivity index (χ1) is 9.77. The van der Waals surface area contributed by atoms with E-state index in [1.807, 2.05) is 0 Å². The highest BCUT2D eigenvalue weighted by Gasteiger charge is 2.38. The van der Waals surface area contributed by atoms with E-state index in [1.165, 1.54) is 6.07 Å². The zero-order chi connectivity index (χ0) is 15.6. The van der Waals surface area contributed by atoms with E-state index < -0.39 is 28.5 Å². The average Bonchev–Trinajstić information content (AvgIpc) is 2.40. The molecular formula is C13H13F3N2O3. The minimum atomic E-state index is -4.80. The third-order valence-corrected chi connectivity index (χ3v) is 3.30. The van der Waals surface area contributed by atoms with Crippen molar-refractivity contribution in [3.8, 4) is 0 Å². The summed E-state index contributed by atoms with van der Waals surface area (Å²) in [5.41, 5.74) is -1.54. The number of nitro benzene ring substituents is 1. The lowest BCUT2D eigenvalue weighted by molar-refractivity contribution is -0.388. The van der Waals surface area contributed by atoms with Gasteiger partial charge in [-0.2, -0.15) is 13.2 Å². The number of halogens is 3. The third-order valence-electron chi connectivity index (χ3n) is 3.30. The van der Waals surface area contributed by atoms with Crippen molar-refractivity contribution in [2.75, 3.05) is 0 Å². The molecule has 2 rings (SSSR count). The molecule has 0 amide bonds. The van der Waals surface area contributed by atoms with E-state index in [1.54, 1.807) is 0 Å². The van der Waals surface area contributed by atoms with Crippen LogP contribution in [0.2, 0.25) is 0 Å². The van der Waals surface area contributed by atoms with Gasteiger partial charge in [0, 0.05) is 11.8 Å². The maximum Gasteiger partial charge on any atom is 0.423 e. The van der Waals surface area contributed by atoms with Gasteiger partial charge in [0.1, 0.15) is 5.56 Å². The second kappa shape index (κ2) is 5.80. The van der Waals surface area contributed by atoms with Crippen molar-refractivity contribution in [2.24, 2.45) is 4.99 Å².